The summed E-state index contributed by atoms with van der Waals surface area (Å²) < 4.78 is 0.932. The number of halogens is 1. The molecule has 15 heavy (non-hydrogen) atoms. The van der Waals surface area contributed by atoms with Gasteiger partial charge in [0.25, 0.3) is 0 Å². The molecule has 1 rings (SSSR count). The molecule has 0 aliphatic rings. The molecule has 3 nitrogen and oxygen atoms in total. The maximum atomic E-state index is 9.30. The molecule has 84 valence electrons. The highest BCUT2D eigenvalue weighted by molar-refractivity contribution is 9.10. The molecule has 0 saturated heterocycles. The van der Waals surface area contributed by atoms with E-state index < -0.39 is 5.41 Å². The fourth-order valence-corrected chi connectivity index (χ4v) is 1.64. The number of aromatic nitrogens is 1. The highest BCUT2D eigenvalue weighted by atomic mass is 79.9. The van der Waals surface area contributed by atoms with E-state index in [1.807, 2.05) is 19.1 Å². The summed E-state index contributed by atoms with van der Waals surface area (Å²) in [4.78, 5) is 4.24. The predicted octanol–water partition coefficient (Wildman–Crippen LogP) is 1.77. The van der Waals surface area contributed by atoms with Crippen molar-refractivity contribution in [2.24, 2.45) is 5.41 Å². The van der Waals surface area contributed by atoms with Gasteiger partial charge >= 0.3 is 0 Å². The van der Waals surface area contributed by atoms with E-state index in [1.165, 1.54) is 0 Å². The lowest BCUT2D eigenvalue weighted by atomic mass is 9.82. The fraction of sp³-hybridized carbons (Fsp3) is 0.545. The third-order valence-electron chi connectivity index (χ3n) is 2.77. The van der Waals surface area contributed by atoms with Crippen LogP contribution < -0.4 is 0 Å². The number of aliphatic hydroxyl groups excluding tert-OH is 2. The third-order valence-corrected chi connectivity index (χ3v) is 3.23. The molecule has 0 aliphatic heterocycles. The summed E-state index contributed by atoms with van der Waals surface area (Å²) in [7, 11) is 0. The number of rotatable bonds is 5. The molecule has 1 aromatic heterocycles. The first-order chi connectivity index (χ1) is 7.15. The lowest BCUT2D eigenvalue weighted by Gasteiger charge is -2.27. The predicted molar refractivity (Wildman–Crippen MR) is 62.5 cm³/mol. The zero-order valence-corrected chi connectivity index (χ0v) is 10.4. The van der Waals surface area contributed by atoms with Crippen LogP contribution in [0.15, 0.2) is 22.8 Å². The first-order valence-corrected chi connectivity index (χ1v) is 5.77. The van der Waals surface area contributed by atoms with E-state index in [4.69, 9.17) is 0 Å². The number of hydrogen-bond acceptors (Lipinski definition) is 3. The molecule has 0 amide bonds. The van der Waals surface area contributed by atoms with Crippen molar-refractivity contribution in [3.05, 3.63) is 28.5 Å². The Labute approximate surface area is 98.3 Å². The minimum Gasteiger partial charge on any atom is -0.396 e. The Balaban J connectivity index is 2.78. The normalized spacial score (nSPS) is 11.7. The van der Waals surface area contributed by atoms with Gasteiger partial charge in [-0.25, -0.2) is 0 Å². The van der Waals surface area contributed by atoms with Gasteiger partial charge in [-0.1, -0.05) is 6.92 Å². The maximum Gasteiger partial charge on any atom is 0.0513 e. The Hall–Kier alpha value is -0.450. The van der Waals surface area contributed by atoms with Crippen molar-refractivity contribution >= 4 is 15.9 Å². The van der Waals surface area contributed by atoms with E-state index in [-0.39, 0.29) is 13.2 Å². The Kier molecular flexibility index (Phi) is 4.70. The van der Waals surface area contributed by atoms with Crippen molar-refractivity contribution in [2.75, 3.05) is 13.2 Å². The second kappa shape index (κ2) is 5.58. The fourth-order valence-electron chi connectivity index (χ4n) is 1.41. The largest absolute Gasteiger partial charge is 0.396 e. The molecule has 0 radical (unpaired) electrons. The quantitative estimate of drug-likeness (QED) is 0.860. The first-order valence-electron chi connectivity index (χ1n) is 4.98. The molecule has 0 aliphatic carbocycles. The van der Waals surface area contributed by atoms with E-state index in [0.29, 0.717) is 6.42 Å². The Morgan fingerprint density at radius 2 is 2.00 bits per heavy atom. The summed E-state index contributed by atoms with van der Waals surface area (Å²) in [5.41, 5.74) is 0.448. The lowest BCUT2D eigenvalue weighted by Crippen LogP contribution is -2.31. The van der Waals surface area contributed by atoms with Gasteiger partial charge in [-0.2, -0.15) is 0 Å². The summed E-state index contributed by atoms with van der Waals surface area (Å²) >= 11 is 3.32. The van der Waals surface area contributed by atoms with Gasteiger partial charge in [0.2, 0.25) is 0 Å². The molecular formula is C11H16BrNO2. The molecule has 0 fully saturated rings. The van der Waals surface area contributed by atoms with Crippen molar-refractivity contribution in [2.45, 2.75) is 19.8 Å². The molecule has 1 aromatic rings. The van der Waals surface area contributed by atoms with Crippen LogP contribution in [0.25, 0.3) is 0 Å². The van der Waals surface area contributed by atoms with Gasteiger partial charge in [0.1, 0.15) is 0 Å². The van der Waals surface area contributed by atoms with E-state index >= 15 is 0 Å². The monoisotopic (exact) mass is 273 g/mol. The van der Waals surface area contributed by atoms with Crippen molar-refractivity contribution in [1.82, 2.24) is 4.98 Å². The van der Waals surface area contributed by atoms with E-state index in [9.17, 15) is 10.2 Å². The van der Waals surface area contributed by atoms with Gasteiger partial charge in [0.15, 0.2) is 0 Å². The van der Waals surface area contributed by atoms with Crippen LogP contribution in [-0.2, 0) is 6.42 Å². The summed E-state index contributed by atoms with van der Waals surface area (Å²) in [5, 5.41) is 18.6. The molecule has 0 bridgehead atoms. The Morgan fingerprint density at radius 3 is 2.40 bits per heavy atom. The minimum atomic E-state index is -0.444. The second-order valence-electron chi connectivity index (χ2n) is 3.81. The van der Waals surface area contributed by atoms with Crippen molar-refractivity contribution in [3.63, 3.8) is 0 Å². The molecule has 1 heterocycles. The van der Waals surface area contributed by atoms with Gasteiger partial charge in [0.05, 0.1) is 13.2 Å². The number of nitrogens with zero attached hydrogens (tertiary/aromatic N) is 1. The van der Waals surface area contributed by atoms with E-state index in [2.05, 4.69) is 20.9 Å². The Bertz CT molecular complexity index is 288. The van der Waals surface area contributed by atoms with Crippen molar-refractivity contribution < 1.29 is 10.2 Å². The second-order valence-corrected chi connectivity index (χ2v) is 4.73. The smallest absolute Gasteiger partial charge is 0.0513 e. The molecule has 0 aromatic carbocycles. The SMILES string of the molecule is CCC(CO)(CO)Cc1ccc(Br)cn1. The molecule has 0 unspecified atom stereocenters. The van der Waals surface area contributed by atoms with Crippen LogP contribution in [0.4, 0.5) is 0 Å². The van der Waals surface area contributed by atoms with E-state index in [1.54, 1.807) is 6.20 Å². The highest BCUT2D eigenvalue weighted by Crippen LogP contribution is 2.25. The van der Waals surface area contributed by atoms with Crippen LogP contribution in [-0.4, -0.2) is 28.4 Å². The van der Waals surface area contributed by atoms with Crippen molar-refractivity contribution in [1.29, 1.82) is 0 Å². The average molecular weight is 274 g/mol. The standard InChI is InChI=1S/C11H16BrNO2/c1-2-11(7-14,8-15)5-10-4-3-9(12)6-13-10/h3-4,6,14-15H,2,5,7-8H2,1H3. The third kappa shape index (κ3) is 3.26. The topological polar surface area (TPSA) is 53.4 Å². The molecule has 0 saturated carbocycles. The molecule has 4 heteroatoms. The van der Waals surface area contributed by atoms with Crippen LogP contribution in [0.5, 0.6) is 0 Å². The zero-order chi connectivity index (χ0) is 11.3. The molecule has 0 atom stereocenters. The number of hydrogen-bond donors (Lipinski definition) is 2. The van der Waals surface area contributed by atoms with Crippen LogP contribution >= 0.6 is 15.9 Å². The first kappa shape index (κ1) is 12.6. The molecule has 0 spiro atoms. The summed E-state index contributed by atoms with van der Waals surface area (Å²) in [6, 6.07) is 3.82. The van der Waals surface area contributed by atoms with Gasteiger partial charge in [-0.3, -0.25) is 4.98 Å². The van der Waals surface area contributed by atoms with Gasteiger partial charge in [-0.15, -0.1) is 0 Å². The van der Waals surface area contributed by atoms with Crippen LogP contribution in [0.1, 0.15) is 19.0 Å². The summed E-state index contributed by atoms with van der Waals surface area (Å²) in [6.07, 6.45) is 3.06. The van der Waals surface area contributed by atoms with Crippen LogP contribution in [0, 0.1) is 5.41 Å². The highest BCUT2D eigenvalue weighted by Gasteiger charge is 2.27. The van der Waals surface area contributed by atoms with E-state index in [0.717, 1.165) is 16.6 Å². The van der Waals surface area contributed by atoms with Crippen LogP contribution in [0.3, 0.4) is 0 Å². The van der Waals surface area contributed by atoms with Gasteiger partial charge in [-0.05, 0) is 40.9 Å². The Morgan fingerprint density at radius 1 is 1.33 bits per heavy atom. The van der Waals surface area contributed by atoms with Gasteiger partial charge in [0, 0.05) is 21.8 Å². The lowest BCUT2D eigenvalue weighted by molar-refractivity contribution is 0.0506. The molecular weight excluding hydrogens is 258 g/mol. The van der Waals surface area contributed by atoms with Gasteiger partial charge < -0.3 is 10.2 Å². The average Bonchev–Trinajstić information content (AvgIpc) is 2.29. The molecule has 2 N–H and O–H groups in total. The summed E-state index contributed by atoms with van der Waals surface area (Å²) in [5.74, 6) is 0. The minimum absolute atomic E-state index is 0.0161. The summed E-state index contributed by atoms with van der Waals surface area (Å²) in [6.45, 7) is 1.93. The van der Waals surface area contributed by atoms with Crippen LogP contribution in [0.2, 0.25) is 0 Å². The number of pyridine rings is 1. The number of aliphatic hydroxyl groups is 2. The zero-order valence-electron chi connectivity index (χ0n) is 8.78. The maximum absolute atomic E-state index is 9.30. The van der Waals surface area contributed by atoms with Crippen molar-refractivity contribution in [3.8, 4) is 0 Å².